The molecule has 1 aromatic heterocycles. The van der Waals surface area contributed by atoms with Crippen molar-refractivity contribution >= 4 is 0 Å². The van der Waals surface area contributed by atoms with Gasteiger partial charge in [0.25, 0.3) is 0 Å². The van der Waals surface area contributed by atoms with E-state index in [-0.39, 0.29) is 6.10 Å². The number of hydrogen-bond donors (Lipinski definition) is 1. The van der Waals surface area contributed by atoms with E-state index in [9.17, 15) is 5.11 Å². The largest absolute Gasteiger partial charge is 0.393 e. The van der Waals surface area contributed by atoms with Crippen molar-refractivity contribution in [1.29, 1.82) is 0 Å². The van der Waals surface area contributed by atoms with E-state index in [1.54, 1.807) is 0 Å². The zero-order valence-corrected chi connectivity index (χ0v) is 9.61. The second kappa shape index (κ2) is 4.35. The van der Waals surface area contributed by atoms with Crippen LogP contribution in [0.5, 0.6) is 0 Å². The maximum atomic E-state index is 9.93. The van der Waals surface area contributed by atoms with Crippen molar-refractivity contribution in [3.63, 3.8) is 0 Å². The van der Waals surface area contributed by atoms with Gasteiger partial charge in [-0.05, 0) is 25.3 Å². The zero-order chi connectivity index (χ0) is 10.8. The van der Waals surface area contributed by atoms with Crippen LogP contribution in [0.15, 0.2) is 6.07 Å². The van der Waals surface area contributed by atoms with Gasteiger partial charge >= 0.3 is 0 Å². The molecule has 84 valence electrons. The number of rotatable bonds is 4. The molecule has 3 nitrogen and oxygen atoms in total. The third-order valence-electron chi connectivity index (χ3n) is 3.37. The highest BCUT2D eigenvalue weighted by molar-refractivity contribution is 5.09. The van der Waals surface area contributed by atoms with Crippen molar-refractivity contribution in [3.8, 4) is 0 Å². The molecule has 3 heteroatoms. The molecular weight excluding hydrogens is 188 g/mol. The summed E-state index contributed by atoms with van der Waals surface area (Å²) in [4.78, 5) is 0. The smallest absolute Gasteiger partial charge is 0.0598 e. The molecule has 0 aromatic carbocycles. The second-order valence-corrected chi connectivity index (χ2v) is 4.79. The minimum atomic E-state index is -0.190. The number of hydrogen-bond acceptors (Lipinski definition) is 2. The lowest BCUT2D eigenvalue weighted by Crippen LogP contribution is -2.21. The lowest BCUT2D eigenvalue weighted by atomic mass is 9.81. The van der Waals surface area contributed by atoms with Crippen molar-refractivity contribution in [2.75, 3.05) is 0 Å². The van der Waals surface area contributed by atoms with Crippen LogP contribution in [0.3, 0.4) is 0 Å². The first kappa shape index (κ1) is 10.7. The number of nitrogens with zero attached hydrogens (tertiary/aromatic N) is 2. The fourth-order valence-corrected chi connectivity index (χ4v) is 2.29. The highest BCUT2D eigenvalue weighted by Crippen LogP contribution is 2.31. The Morgan fingerprint density at radius 3 is 2.80 bits per heavy atom. The molecule has 0 spiro atoms. The first-order valence-corrected chi connectivity index (χ1v) is 5.82. The fourth-order valence-electron chi connectivity index (χ4n) is 2.29. The fraction of sp³-hybridized carbons (Fsp3) is 0.750. The Kier molecular flexibility index (Phi) is 3.10. The molecule has 1 unspecified atom stereocenters. The van der Waals surface area contributed by atoms with Crippen LogP contribution in [0.4, 0.5) is 0 Å². The van der Waals surface area contributed by atoms with Gasteiger partial charge in [0, 0.05) is 19.2 Å². The zero-order valence-electron chi connectivity index (χ0n) is 9.61. The molecule has 0 saturated heterocycles. The monoisotopic (exact) mass is 208 g/mol. The lowest BCUT2D eigenvalue weighted by molar-refractivity contribution is 0.116. The lowest BCUT2D eigenvalue weighted by Gasteiger charge is -2.27. The van der Waals surface area contributed by atoms with E-state index < -0.39 is 0 Å². The minimum Gasteiger partial charge on any atom is -0.393 e. The van der Waals surface area contributed by atoms with Gasteiger partial charge in [-0.15, -0.1) is 0 Å². The van der Waals surface area contributed by atoms with Crippen molar-refractivity contribution in [2.45, 2.75) is 45.1 Å². The van der Waals surface area contributed by atoms with Crippen LogP contribution >= 0.6 is 0 Å². The Labute approximate surface area is 91.1 Å². The molecule has 1 aliphatic carbocycles. The van der Waals surface area contributed by atoms with E-state index in [4.69, 9.17) is 0 Å². The summed E-state index contributed by atoms with van der Waals surface area (Å²) in [6.45, 7) is 1.99. The molecule has 0 aliphatic heterocycles. The molecule has 1 heterocycles. The molecule has 0 amide bonds. The van der Waals surface area contributed by atoms with Gasteiger partial charge in [0.15, 0.2) is 0 Å². The Balaban J connectivity index is 1.87. The first-order chi connectivity index (χ1) is 7.15. The van der Waals surface area contributed by atoms with Crippen LogP contribution in [0.2, 0.25) is 0 Å². The molecule has 1 atom stereocenters. The predicted octanol–water partition coefficient (Wildman–Crippen LogP) is 1.82. The van der Waals surface area contributed by atoms with Gasteiger partial charge in [-0.2, -0.15) is 5.10 Å². The number of aryl methyl sites for hydroxylation is 2. The molecule has 0 bridgehead atoms. The molecule has 1 N–H and O–H groups in total. The molecule has 2 rings (SSSR count). The molecule has 1 aliphatic rings. The van der Waals surface area contributed by atoms with Crippen molar-refractivity contribution in [2.24, 2.45) is 13.0 Å². The van der Waals surface area contributed by atoms with Crippen molar-refractivity contribution in [3.05, 3.63) is 17.5 Å². The van der Waals surface area contributed by atoms with E-state index in [1.165, 1.54) is 19.3 Å². The van der Waals surface area contributed by atoms with Gasteiger partial charge in [-0.3, -0.25) is 4.68 Å². The van der Waals surface area contributed by atoms with Gasteiger partial charge in [0.2, 0.25) is 0 Å². The van der Waals surface area contributed by atoms with Crippen LogP contribution in [0.1, 0.15) is 37.1 Å². The van der Waals surface area contributed by atoms with Gasteiger partial charge < -0.3 is 5.11 Å². The van der Waals surface area contributed by atoms with Gasteiger partial charge in [0.1, 0.15) is 0 Å². The molecular formula is C12H20N2O. The van der Waals surface area contributed by atoms with Crippen molar-refractivity contribution < 1.29 is 5.11 Å². The number of aliphatic hydroxyl groups is 1. The van der Waals surface area contributed by atoms with Crippen LogP contribution in [0, 0.1) is 12.8 Å². The predicted molar refractivity (Wildman–Crippen MR) is 59.6 cm³/mol. The minimum absolute atomic E-state index is 0.190. The SMILES string of the molecule is Cc1cc(CC(O)CC2CCC2)n(C)n1. The van der Waals surface area contributed by atoms with E-state index in [1.807, 2.05) is 18.7 Å². The standard InChI is InChI=1S/C12H20N2O/c1-9-6-11(14(2)13-9)8-12(15)7-10-4-3-5-10/h6,10,12,15H,3-5,7-8H2,1-2H3. The highest BCUT2D eigenvalue weighted by Gasteiger charge is 2.21. The Hall–Kier alpha value is -0.830. The summed E-state index contributed by atoms with van der Waals surface area (Å²) >= 11 is 0. The molecule has 1 fully saturated rings. The summed E-state index contributed by atoms with van der Waals surface area (Å²) in [6, 6.07) is 2.06. The third kappa shape index (κ3) is 2.59. The molecule has 1 saturated carbocycles. The van der Waals surface area contributed by atoms with Crippen LogP contribution in [-0.2, 0) is 13.5 Å². The van der Waals surface area contributed by atoms with E-state index in [2.05, 4.69) is 11.2 Å². The van der Waals surface area contributed by atoms with Gasteiger partial charge in [0.05, 0.1) is 11.8 Å². The van der Waals surface area contributed by atoms with E-state index >= 15 is 0 Å². The Morgan fingerprint density at radius 2 is 2.33 bits per heavy atom. The van der Waals surface area contributed by atoms with Crippen LogP contribution < -0.4 is 0 Å². The average molecular weight is 208 g/mol. The van der Waals surface area contributed by atoms with Crippen molar-refractivity contribution in [1.82, 2.24) is 9.78 Å². The highest BCUT2D eigenvalue weighted by atomic mass is 16.3. The second-order valence-electron chi connectivity index (χ2n) is 4.79. The molecule has 15 heavy (non-hydrogen) atoms. The maximum absolute atomic E-state index is 9.93. The number of aliphatic hydroxyl groups excluding tert-OH is 1. The summed E-state index contributed by atoms with van der Waals surface area (Å²) in [5, 5.41) is 14.2. The topological polar surface area (TPSA) is 38.0 Å². The summed E-state index contributed by atoms with van der Waals surface area (Å²) in [5.41, 5.74) is 2.17. The summed E-state index contributed by atoms with van der Waals surface area (Å²) in [6.07, 6.45) is 5.48. The summed E-state index contributed by atoms with van der Waals surface area (Å²) in [7, 11) is 1.94. The van der Waals surface area contributed by atoms with Crippen LogP contribution in [0.25, 0.3) is 0 Å². The van der Waals surface area contributed by atoms with E-state index in [0.717, 1.165) is 30.1 Å². The maximum Gasteiger partial charge on any atom is 0.0598 e. The molecule has 0 radical (unpaired) electrons. The van der Waals surface area contributed by atoms with Crippen LogP contribution in [-0.4, -0.2) is 21.0 Å². The van der Waals surface area contributed by atoms with E-state index in [0.29, 0.717) is 0 Å². The normalized spacial score (nSPS) is 18.9. The Bertz CT molecular complexity index is 328. The van der Waals surface area contributed by atoms with Gasteiger partial charge in [-0.1, -0.05) is 19.3 Å². The summed E-state index contributed by atoms with van der Waals surface area (Å²) < 4.78 is 1.87. The quantitative estimate of drug-likeness (QED) is 0.819. The Morgan fingerprint density at radius 1 is 1.60 bits per heavy atom. The first-order valence-electron chi connectivity index (χ1n) is 5.82. The number of aromatic nitrogens is 2. The molecule has 1 aromatic rings. The van der Waals surface area contributed by atoms with Gasteiger partial charge in [-0.25, -0.2) is 0 Å². The third-order valence-corrected chi connectivity index (χ3v) is 3.37. The average Bonchev–Trinajstić information content (AvgIpc) is 2.38. The summed E-state index contributed by atoms with van der Waals surface area (Å²) in [5.74, 6) is 0.773.